The summed E-state index contributed by atoms with van der Waals surface area (Å²) in [5.74, 6) is 2.33. The average Bonchev–Trinajstić information content (AvgIpc) is 2.55. The molecule has 0 heterocycles. The highest BCUT2D eigenvalue weighted by molar-refractivity contribution is 7.99. The van der Waals surface area contributed by atoms with Gasteiger partial charge in [0.15, 0.2) is 0 Å². The second-order valence-electron chi connectivity index (χ2n) is 6.66. The van der Waals surface area contributed by atoms with Crippen LogP contribution in [0.3, 0.4) is 0 Å². The van der Waals surface area contributed by atoms with Crippen molar-refractivity contribution in [3.8, 4) is 0 Å². The van der Waals surface area contributed by atoms with E-state index in [9.17, 15) is 4.79 Å². The summed E-state index contributed by atoms with van der Waals surface area (Å²) in [6.45, 7) is 4.27. The molecule has 0 aliphatic heterocycles. The van der Waals surface area contributed by atoms with Gasteiger partial charge < -0.3 is 15.0 Å². The number of thioether (sulfide) groups is 1. The normalized spacial score (nSPS) is 11.0. The topological polar surface area (TPSA) is 41.6 Å². The molecule has 0 saturated heterocycles. The molecular weight excluding hydrogens is 320 g/mol. The predicted molar refractivity (Wildman–Crippen MR) is 107 cm³/mol. The van der Waals surface area contributed by atoms with Crippen molar-refractivity contribution in [2.75, 3.05) is 45.3 Å². The lowest BCUT2D eigenvalue weighted by Crippen LogP contribution is -2.31. The zero-order valence-electron chi connectivity index (χ0n) is 16.3. The lowest BCUT2D eigenvalue weighted by atomic mass is 10.1. The largest absolute Gasteiger partial charge is 0.450 e. The Morgan fingerprint density at radius 1 is 0.917 bits per heavy atom. The second kappa shape index (κ2) is 18.9. The Morgan fingerprint density at radius 3 is 2.12 bits per heavy atom. The zero-order valence-corrected chi connectivity index (χ0v) is 17.1. The van der Waals surface area contributed by atoms with Gasteiger partial charge in [0.05, 0.1) is 6.61 Å². The Morgan fingerprint density at radius 2 is 1.50 bits per heavy atom. The summed E-state index contributed by atoms with van der Waals surface area (Å²) in [5.41, 5.74) is 0. The number of ether oxygens (including phenoxy) is 1. The molecule has 1 amide bonds. The molecule has 0 aliphatic rings. The van der Waals surface area contributed by atoms with E-state index >= 15 is 0 Å². The van der Waals surface area contributed by atoms with E-state index in [2.05, 4.69) is 12.2 Å². The first kappa shape index (κ1) is 23.6. The fraction of sp³-hybridized carbons (Fsp3) is 0.947. The zero-order chi connectivity index (χ0) is 17.9. The van der Waals surface area contributed by atoms with Crippen LogP contribution in [0.25, 0.3) is 0 Å². The number of nitrogens with zero attached hydrogens (tertiary/aromatic N) is 1. The summed E-state index contributed by atoms with van der Waals surface area (Å²) in [5, 5.41) is 2.75. The molecule has 0 fully saturated rings. The van der Waals surface area contributed by atoms with Crippen LogP contribution in [0.4, 0.5) is 4.79 Å². The number of alkyl carbamates (subject to hydrolysis) is 1. The quantitative estimate of drug-likeness (QED) is 0.374. The third kappa shape index (κ3) is 19.6. The van der Waals surface area contributed by atoms with Crippen molar-refractivity contribution in [3.05, 3.63) is 0 Å². The Bertz CT molecular complexity index is 276. The minimum absolute atomic E-state index is 0.291. The van der Waals surface area contributed by atoms with Crippen molar-refractivity contribution >= 4 is 17.9 Å². The number of unbranched alkanes of at least 4 members (excludes halogenated alkanes) is 8. The first-order chi connectivity index (χ1) is 11.7. The van der Waals surface area contributed by atoms with E-state index in [4.69, 9.17) is 4.74 Å². The maximum absolute atomic E-state index is 11.4. The molecule has 0 aliphatic carbocycles. The van der Waals surface area contributed by atoms with Crippen LogP contribution in [0, 0.1) is 0 Å². The second-order valence-corrected chi connectivity index (χ2v) is 7.89. The average molecular weight is 361 g/mol. The molecule has 4 nitrogen and oxygen atoms in total. The van der Waals surface area contributed by atoms with Crippen molar-refractivity contribution in [2.45, 2.75) is 71.1 Å². The number of amides is 1. The van der Waals surface area contributed by atoms with E-state index in [1.165, 1.54) is 63.5 Å². The molecule has 0 aromatic rings. The van der Waals surface area contributed by atoms with Gasteiger partial charge in [-0.2, -0.15) is 11.8 Å². The predicted octanol–water partition coefficient (Wildman–Crippen LogP) is 4.93. The number of hydrogen-bond donors (Lipinski definition) is 1. The molecule has 0 aromatic heterocycles. The fourth-order valence-corrected chi connectivity index (χ4v) is 3.31. The van der Waals surface area contributed by atoms with Crippen LogP contribution in [0.15, 0.2) is 0 Å². The Balaban J connectivity index is 3.10. The molecule has 0 spiro atoms. The van der Waals surface area contributed by atoms with E-state index < -0.39 is 0 Å². The standard InChI is InChI=1S/C19H40N2O2S/c1-4-5-6-7-8-9-10-11-12-17-24-18-13-16-23-19(22)20-14-15-21(2)3/h4-18H2,1-3H3,(H,20,22). The lowest BCUT2D eigenvalue weighted by molar-refractivity contribution is 0.146. The van der Waals surface area contributed by atoms with E-state index in [0.29, 0.717) is 13.2 Å². The van der Waals surface area contributed by atoms with Crippen molar-refractivity contribution in [1.29, 1.82) is 0 Å². The molecule has 24 heavy (non-hydrogen) atoms. The van der Waals surface area contributed by atoms with Crippen LogP contribution in [0.5, 0.6) is 0 Å². The smallest absolute Gasteiger partial charge is 0.407 e. The number of nitrogens with one attached hydrogen (secondary N) is 1. The van der Waals surface area contributed by atoms with E-state index in [0.717, 1.165) is 18.7 Å². The summed E-state index contributed by atoms with van der Waals surface area (Å²) >= 11 is 1.98. The maximum Gasteiger partial charge on any atom is 0.407 e. The van der Waals surface area contributed by atoms with Gasteiger partial charge in [-0.1, -0.05) is 58.3 Å². The number of rotatable bonds is 17. The highest BCUT2D eigenvalue weighted by atomic mass is 32.2. The third-order valence-corrected chi connectivity index (χ3v) is 5.04. The molecule has 1 N–H and O–H groups in total. The first-order valence-electron chi connectivity index (χ1n) is 9.80. The SMILES string of the molecule is CCCCCCCCCCCSCCCOC(=O)NCCN(C)C. The van der Waals surface area contributed by atoms with Crippen molar-refractivity contribution in [2.24, 2.45) is 0 Å². The Labute approximate surface area is 154 Å². The van der Waals surface area contributed by atoms with Crippen LogP contribution < -0.4 is 5.32 Å². The number of carbonyl (C=O) groups is 1. The van der Waals surface area contributed by atoms with Crippen molar-refractivity contribution in [1.82, 2.24) is 10.2 Å². The van der Waals surface area contributed by atoms with E-state index in [-0.39, 0.29) is 6.09 Å². The van der Waals surface area contributed by atoms with Crippen LogP contribution in [0.1, 0.15) is 71.1 Å². The molecule has 5 heteroatoms. The fourth-order valence-electron chi connectivity index (χ4n) is 2.38. The highest BCUT2D eigenvalue weighted by Crippen LogP contribution is 2.12. The summed E-state index contributed by atoms with van der Waals surface area (Å²) < 4.78 is 5.14. The summed E-state index contributed by atoms with van der Waals surface area (Å²) in [4.78, 5) is 13.4. The third-order valence-electron chi connectivity index (χ3n) is 3.89. The molecule has 0 bridgehead atoms. The Kier molecular flexibility index (Phi) is 18.6. The highest BCUT2D eigenvalue weighted by Gasteiger charge is 2.01. The first-order valence-corrected chi connectivity index (χ1v) is 11.0. The van der Waals surface area contributed by atoms with E-state index in [1.54, 1.807) is 0 Å². The van der Waals surface area contributed by atoms with E-state index in [1.807, 2.05) is 30.8 Å². The van der Waals surface area contributed by atoms with Gasteiger partial charge in [0.2, 0.25) is 0 Å². The van der Waals surface area contributed by atoms with Crippen LogP contribution in [-0.2, 0) is 4.74 Å². The molecule has 144 valence electrons. The van der Waals surface area contributed by atoms with Crippen LogP contribution >= 0.6 is 11.8 Å². The van der Waals surface area contributed by atoms with Gasteiger partial charge in [-0.05, 0) is 38.4 Å². The number of likely N-dealkylation sites (N-methyl/N-ethyl adjacent to an activating group) is 1. The summed E-state index contributed by atoms with van der Waals surface area (Å²) in [6.07, 6.45) is 13.1. The van der Waals surface area contributed by atoms with Gasteiger partial charge in [0.1, 0.15) is 0 Å². The number of carbonyl (C=O) groups excluding carboxylic acids is 1. The van der Waals surface area contributed by atoms with Gasteiger partial charge in [-0.25, -0.2) is 4.79 Å². The van der Waals surface area contributed by atoms with Gasteiger partial charge in [0, 0.05) is 13.1 Å². The molecule has 0 saturated carbocycles. The monoisotopic (exact) mass is 360 g/mol. The Hall–Kier alpha value is -0.420. The molecule has 0 atom stereocenters. The van der Waals surface area contributed by atoms with Gasteiger partial charge >= 0.3 is 6.09 Å². The molecular formula is C19H40N2O2S. The van der Waals surface area contributed by atoms with Gasteiger partial charge in [-0.3, -0.25) is 0 Å². The molecule has 0 rings (SSSR count). The molecule has 0 unspecified atom stereocenters. The minimum Gasteiger partial charge on any atom is -0.450 e. The maximum atomic E-state index is 11.4. The lowest BCUT2D eigenvalue weighted by Gasteiger charge is -2.10. The minimum atomic E-state index is -0.291. The van der Waals surface area contributed by atoms with Crippen molar-refractivity contribution in [3.63, 3.8) is 0 Å². The number of hydrogen-bond acceptors (Lipinski definition) is 4. The van der Waals surface area contributed by atoms with Crippen molar-refractivity contribution < 1.29 is 9.53 Å². The molecule has 0 aromatic carbocycles. The summed E-state index contributed by atoms with van der Waals surface area (Å²) in [7, 11) is 3.97. The van der Waals surface area contributed by atoms with Crippen LogP contribution in [0.2, 0.25) is 0 Å². The van der Waals surface area contributed by atoms with Gasteiger partial charge in [-0.15, -0.1) is 0 Å². The van der Waals surface area contributed by atoms with Crippen LogP contribution in [-0.4, -0.2) is 56.3 Å². The summed E-state index contributed by atoms with van der Waals surface area (Å²) in [6, 6.07) is 0. The van der Waals surface area contributed by atoms with Gasteiger partial charge in [0.25, 0.3) is 0 Å². The molecule has 0 radical (unpaired) electrons.